The first-order valence-electron chi connectivity index (χ1n) is 7.68. The van der Waals surface area contributed by atoms with Gasteiger partial charge in [-0.1, -0.05) is 25.1 Å². The number of nitrogens with zero attached hydrogens (tertiary/aromatic N) is 2. The van der Waals surface area contributed by atoms with Crippen molar-refractivity contribution in [2.45, 2.75) is 39.3 Å². The number of hydrogen-bond acceptors (Lipinski definition) is 3. The zero-order valence-corrected chi connectivity index (χ0v) is 13.2. The minimum Gasteiger partial charge on any atom is -0.481 e. The van der Waals surface area contributed by atoms with Gasteiger partial charge in [-0.3, -0.25) is 4.79 Å². The van der Waals surface area contributed by atoms with E-state index in [2.05, 4.69) is 17.2 Å². The average molecular weight is 301 g/mol. The fourth-order valence-corrected chi connectivity index (χ4v) is 2.19. The van der Waals surface area contributed by atoms with Gasteiger partial charge in [0.15, 0.2) is 6.10 Å². The van der Waals surface area contributed by atoms with E-state index in [1.165, 1.54) is 0 Å². The minimum absolute atomic E-state index is 0.0865. The summed E-state index contributed by atoms with van der Waals surface area (Å²) in [5, 5.41) is 2.90. The van der Waals surface area contributed by atoms with Crippen LogP contribution in [0.25, 0.3) is 0 Å². The Balaban J connectivity index is 1.74. The molecule has 0 aliphatic heterocycles. The van der Waals surface area contributed by atoms with Crippen LogP contribution in [0.3, 0.4) is 0 Å². The molecule has 0 saturated heterocycles. The Morgan fingerprint density at radius 1 is 1.41 bits per heavy atom. The second-order valence-electron chi connectivity index (χ2n) is 5.17. The normalized spacial score (nSPS) is 11.9. The highest BCUT2D eigenvalue weighted by Crippen LogP contribution is 2.19. The van der Waals surface area contributed by atoms with Gasteiger partial charge in [0.1, 0.15) is 5.75 Å². The quantitative estimate of drug-likeness (QED) is 0.762. The van der Waals surface area contributed by atoms with Gasteiger partial charge < -0.3 is 14.6 Å². The van der Waals surface area contributed by atoms with Gasteiger partial charge in [-0.05, 0) is 31.4 Å². The highest BCUT2D eigenvalue weighted by molar-refractivity contribution is 5.80. The number of nitrogens with one attached hydrogen (secondary N) is 1. The van der Waals surface area contributed by atoms with E-state index in [9.17, 15) is 4.79 Å². The number of aryl methyl sites for hydroxylation is 2. The molecular weight excluding hydrogens is 278 g/mol. The van der Waals surface area contributed by atoms with Gasteiger partial charge >= 0.3 is 0 Å². The molecule has 2 aromatic rings. The number of ether oxygens (including phenoxy) is 1. The first-order chi connectivity index (χ1) is 10.7. The zero-order chi connectivity index (χ0) is 15.8. The van der Waals surface area contributed by atoms with Gasteiger partial charge in [0.25, 0.3) is 5.91 Å². The first-order valence-corrected chi connectivity index (χ1v) is 7.68. The Hall–Kier alpha value is -2.30. The van der Waals surface area contributed by atoms with Crippen molar-refractivity contribution >= 4 is 5.91 Å². The van der Waals surface area contributed by atoms with Crippen molar-refractivity contribution in [2.24, 2.45) is 0 Å². The summed E-state index contributed by atoms with van der Waals surface area (Å²) < 4.78 is 7.76. The second-order valence-corrected chi connectivity index (χ2v) is 5.17. The van der Waals surface area contributed by atoms with E-state index in [1.807, 2.05) is 35.0 Å². The summed E-state index contributed by atoms with van der Waals surface area (Å²) in [5.41, 5.74) is 1.11. The van der Waals surface area contributed by atoms with E-state index in [4.69, 9.17) is 4.74 Å². The third-order valence-corrected chi connectivity index (χ3v) is 3.48. The summed E-state index contributed by atoms with van der Waals surface area (Å²) in [6.07, 6.45) is 6.68. The molecule has 0 aliphatic rings. The largest absolute Gasteiger partial charge is 0.481 e. The number of carbonyl (C=O) groups is 1. The lowest BCUT2D eigenvalue weighted by Gasteiger charge is -2.16. The van der Waals surface area contributed by atoms with Crippen LogP contribution in [-0.2, 0) is 17.8 Å². The Morgan fingerprint density at radius 3 is 2.95 bits per heavy atom. The molecular formula is C17H23N3O2. The number of amides is 1. The molecule has 1 aromatic carbocycles. The molecule has 5 heteroatoms. The van der Waals surface area contributed by atoms with Crippen LogP contribution >= 0.6 is 0 Å². The van der Waals surface area contributed by atoms with Gasteiger partial charge in [0.2, 0.25) is 0 Å². The predicted octanol–water partition coefficient (Wildman–Crippen LogP) is 2.42. The maximum atomic E-state index is 12.1. The van der Waals surface area contributed by atoms with Crippen LogP contribution in [0.5, 0.6) is 5.75 Å². The predicted molar refractivity (Wildman–Crippen MR) is 85.8 cm³/mol. The molecule has 118 valence electrons. The van der Waals surface area contributed by atoms with Crippen molar-refractivity contribution in [3.05, 3.63) is 48.5 Å². The fraction of sp³-hybridized carbons (Fsp3) is 0.412. The lowest BCUT2D eigenvalue weighted by Crippen LogP contribution is -2.37. The summed E-state index contributed by atoms with van der Waals surface area (Å²) >= 11 is 0. The van der Waals surface area contributed by atoms with Gasteiger partial charge in [-0.25, -0.2) is 4.98 Å². The minimum atomic E-state index is -0.499. The van der Waals surface area contributed by atoms with Crippen LogP contribution < -0.4 is 10.1 Å². The van der Waals surface area contributed by atoms with Crippen molar-refractivity contribution < 1.29 is 9.53 Å². The van der Waals surface area contributed by atoms with Crippen molar-refractivity contribution in [2.75, 3.05) is 6.54 Å². The molecule has 22 heavy (non-hydrogen) atoms. The van der Waals surface area contributed by atoms with Crippen molar-refractivity contribution in [3.63, 3.8) is 0 Å². The molecule has 0 spiro atoms. The van der Waals surface area contributed by atoms with Crippen LogP contribution in [0.15, 0.2) is 43.0 Å². The summed E-state index contributed by atoms with van der Waals surface area (Å²) in [5.74, 6) is 0.697. The molecule has 0 aliphatic carbocycles. The second kappa shape index (κ2) is 8.22. The van der Waals surface area contributed by atoms with Crippen LogP contribution in [0.2, 0.25) is 0 Å². The molecule has 1 atom stereocenters. The van der Waals surface area contributed by atoms with Gasteiger partial charge in [0.05, 0.1) is 6.33 Å². The van der Waals surface area contributed by atoms with E-state index in [1.54, 1.807) is 19.4 Å². The lowest BCUT2D eigenvalue weighted by atomic mass is 10.1. The summed E-state index contributed by atoms with van der Waals surface area (Å²) in [4.78, 5) is 16.0. The lowest BCUT2D eigenvalue weighted by molar-refractivity contribution is -0.127. The number of carbonyl (C=O) groups excluding carboxylic acids is 1. The molecule has 1 aromatic heterocycles. The Morgan fingerprint density at radius 2 is 2.23 bits per heavy atom. The molecule has 1 N–H and O–H groups in total. The smallest absolute Gasteiger partial charge is 0.260 e. The topological polar surface area (TPSA) is 56.1 Å². The standard InChI is InChI=1S/C17H23N3O2/c1-3-15-7-4-5-8-16(15)22-14(2)17(21)19-9-6-11-20-12-10-18-13-20/h4-5,7-8,10,12-14H,3,6,9,11H2,1-2H3,(H,19,21)/t14-/m1/s1. The molecule has 1 amide bonds. The third kappa shape index (κ3) is 4.62. The Labute approximate surface area is 131 Å². The molecule has 0 radical (unpaired) electrons. The van der Waals surface area contributed by atoms with E-state index in [0.29, 0.717) is 6.54 Å². The molecule has 0 fully saturated rings. The number of rotatable bonds is 8. The van der Waals surface area contributed by atoms with Crippen LogP contribution in [0.1, 0.15) is 25.8 Å². The summed E-state index contributed by atoms with van der Waals surface area (Å²) in [6.45, 7) is 5.31. The maximum Gasteiger partial charge on any atom is 0.260 e. The first kappa shape index (κ1) is 16.1. The van der Waals surface area contributed by atoms with Crippen LogP contribution in [-0.4, -0.2) is 28.1 Å². The Bertz CT molecular complexity index is 581. The number of hydrogen-bond donors (Lipinski definition) is 1. The molecule has 5 nitrogen and oxygen atoms in total. The SMILES string of the molecule is CCc1ccccc1O[C@H](C)C(=O)NCCCn1ccnc1. The van der Waals surface area contributed by atoms with Gasteiger partial charge in [0, 0.05) is 25.5 Å². The summed E-state index contributed by atoms with van der Waals surface area (Å²) in [6, 6.07) is 7.82. The highest BCUT2D eigenvalue weighted by atomic mass is 16.5. The molecule has 0 bridgehead atoms. The Kier molecular flexibility index (Phi) is 6.01. The van der Waals surface area contributed by atoms with Crippen molar-refractivity contribution in [1.29, 1.82) is 0 Å². The van der Waals surface area contributed by atoms with Gasteiger partial charge in [-0.2, -0.15) is 0 Å². The van der Waals surface area contributed by atoms with Gasteiger partial charge in [-0.15, -0.1) is 0 Å². The van der Waals surface area contributed by atoms with E-state index < -0.39 is 6.10 Å². The zero-order valence-electron chi connectivity index (χ0n) is 13.2. The average Bonchev–Trinajstić information content (AvgIpc) is 3.05. The maximum absolute atomic E-state index is 12.1. The van der Waals surface area contributed by atoms with E-state index in [-0.39, 0.29) is 5.91 Å². The van der Waals surface area contributed by atoms with E-state index in [0.717, 1.165) is 30.7 Å². The molecule has 2 rings (SSSR count). The van der Waals surface area contributed by atoms with Crippen molar-refractivity contribution in [3.8, 4) is 5.75 Å². The van der Waals surface area contributed by atoms with Crippen LogP contribution in [0.4, 0.5) is 0 Å². The highest BCUT2D eigenvalue weighted by Gasteiger charge is 2.15. The number of para-hydroxylation sites is 1. The molecule has 1 heterocycles. The molecule has 0 saturated carbocycles. The number of aromatic nitrogens is 2. The fourth-order valence-electron chi connectivity index (χ4n) is 2.19. The van der Waals surface area contributed by atoms with Crippen LogP contribution in [0, 0.1) is 0 Å². The molecule has 0 unspecified atom stereocenters. The third-order valence-electron chi connectivity index (χ3n) is 3.48. The monoisotopic (exact) mass is 301 g/mol. The van der Waals surface area contributed by atoms with E-state index >= 15 is 0 Å². The number of imidazole rings is 1. The number of benzene rings is 1. The van der Waals surface area contributed by atoms with Crippen molar-refractivity contribution in [1.82, 2.24) is 14.9 Å². The summed E-state index contributed by atoms with van der Waals surface area (Å²) in [7, 11) is 0.